The highest BCUT2D eigenvalue weighted by atomic mass is 32.2. The molecular weight excluding hydrogens is 254 g/mol. The predicted octanol–water partition coefficient (Wildman–Crippen LogP) is 1.54. The van der Waals surface area contributed by atoms with Crippen LogP contribution in [0.3, 0.4) is 0 Å². The maximum absolute atomic E-state index is 11.6. The Morgan fingerprint density at radius 1 is 1.39 bits per heavy atom. The summed E-state index contributed by atoms with van der Waals surface area (Å²) in [4.78, 5) is 11.6. The van der Waals surface area contributed by atoms with Crippen molar-refractivity contribution in [1.29, 1.82) is 0 Å². The second-order valence-corrected chi connectivity index (χ2v) is 5.95. The van der Waals surface area contributed by atoms with E-state index in [1.165, 1.54) is 24.3 Å². The molecule has 0 aliphatic rings. The molecule has 0 saturated heterocycles. The van der Waals surface area contributed by atoms with E-state index in [0.29, 0.717) is 12.5 Å². The molecule has 0 amide bonds. The average molecular weight is 271 g/mol. The van der Waals surface area contributed by atoms with E-state index in [1.807, 2.05) is 13.8 Å². The molecule has 0 spiro atoms. The molecule has 0 aliphatic carbocycles. The first kappa shape index (κ1) is 14.7. The molecule has 5 nitrogen and oxygen atoms in total. The molecule has 0 fully saturated rings. The number of ether oxygens (including phenoxy) is 1. The van der Waals surface area contributed by atoms with E-state index in [0.717, 1.165) is 6.42 Å². The van der Waals surface area contributed by atoms with E-state index in [1.54, 1.807) is 0 Å². The highest BCUT2D eigenvalue weighted by Gasteiger charge is 2.12. The molecule has 0 atom stereocenters. The highest BCUT2D eigenvalue weighted by molar-refractivity contribution is 7.89. The molecular formula is C12H17NO4S. The summed E-state index contributed by atoms with van der Waals surface area (Å²) in [6, 6.07) is 5.50. The first-order valence-electron chi connectivity index (χ1n) is 5.60. The lowest BCUT2D eigenvalue weighted by molar-refractivity contribution is 0.0488. The maximum Gasteiger partial charge on any atom is 0.338 e. The summed E-state index contributed by atoms with van der Waals surface area (Å²) in [7, 11) is -3.80. The molecule has 1 rings (SSSR count). The van der Waals surface area contributed by atoms with Crippen LogP contribution in [0.5, 0.6) is 0 Å². The minimum absolute atomic E-state index is 0.0965. The van der Waals surface area contributed by atoms with Crippen molar-refractivity contribution in [1.82, 2.24) is 0 Å². The van der Waals surface area contributed by atoms with Crippen LogP contribution in [0.2, 0.25) is 0 Å². The Morgan fingerprint density at radius 3 is 2.61 bits per heavy atom. The van der Waals surface area contributed by atoms with E-state index < -0.39 is 16.0 Å². The largest absolute Gasteiger partial charge is 0.462 e. The standard InChI is InChI=1S/C12H17NO4S/c1-9(2)6-7-17-12(14)10-4-3-5-11(8-10)18(13,15)16/h3-5,8-9H,6-7H2,1-2H3,(H2,13,15,16). The molecule has 0 radical (unpaired) electrons. The van der Waals surface area contributed by atoms with Gasteiger partial charge >= 0.3 is 5.97 Å². The van der Waals surface area contributed by atoms with Gasteiger partial charge in [-0.05, 0) is 30.5 Å². The van der Waals surface area contributed by atoms with Gasteiger partial charge in [0, 0.05) is 0 Å². The molecule has 0 aliphatic heterocycles. The van der Waals surface area contributed by atoms with Gasteiger partial charge in [0.05, 0.1) is 17.1 Å². The lowest BCUT2D eigenvalue weighted by Crippen LogP contribution is -2.14. The first-order chi connectivity index (χ1) is 8.30. The lowest BCUT2D eigenvalue weighted by atomic mass is 10.1. The third-order valence-corrected chi connectivity index (χ3v) is 3.24. The van der Waals surface area contributed by atoms with Gasteiger partial charge in [-0.1, -0.05) is 19.9 Å². The van der Waals surface area contributed by atoms with Gasteiger partial charge in [-0.25, -0.2) is 18.4 Å². The number of sulfonamides is 1. The van der Waals surface area contributed by atoms with Gasteiger partial charge in [0.2, 0.25) is 10.0 Å². The number of rotatable bonds is 5. The summed E-state index contributed by atoms with van der Waals surface area (Å²) in [5.74, 6) is -0.102. The van der Waals surface area contributed by atoms with Crippen molar-refractivity contribution in [3.8, 4) is 0 Å². The molecule has 1 aromatic carbocycles. The molecule has 6 heteroatoms. The fourth-order valence-corrected chi connectivity index (χ4v) is 1.83. The SMILES string of the molecule is CC(C)CCOC(=O)c1cccc(S(N)(=O)=O)c1. The van der Waals surface area contributed by atoms with Gasteiger partial charge in [-0.15, -0.1) is 0 Å². The topological polar surface area (TPSA) is 86.5 Å². The third kappa shape index (κ3) is 4.46. The second-order valence-electron chi connectivity index (χ2n) is 4.39. The summed E-state index contributed by atoms with van der Waals surface area (Å²) in [6.07, 6.45) is 0.765. The van der Waals surface area contributed by atoms with Crippen molar-refractivity contribution in [3.63, 3.8) is 0 Å². The van der Waals surface area contributed by atoms with E-state index in [2.05, 4.69) is 0 Å². The van der Waals surface area contributed by atoms with Crippen LogP contribution >= 0.6 is 0 Å². The predicted molar refractivity (Wildman–Crippen MR) is 67.6 cm³/mol. The molecule has 1 aromatic rings. The van der Waals surface area contributed by atoms with Crippen LogP contribution in [-0.2, 0) is 14.8 Å². The zero-order valence-corrected chi connectivity index (χ0v) is 11.2. The minimum Gasteiger partial charge on any atom is -0.462 e. The summed E-state index contributed by atoms with van der Waals surface area (Å²) >= 11 is 0. The van der Waals surface area contributed by atoms with Crippen molar-refractivity contribution in [2.24, 2.45) is 11.1 Å². The van der Waals surface area contributed by atoms with E-state index in [4.69, 9.17) is 9.88 Å². The Balaban J connectivity index is 2.75. The highest BCUT2D eigenvalue weighted by Crippen LogP contribution is 2.11. The first-order valence-corrected chi connectivity index (χ1v) is 7.15. The Kier molecular flexibility index (Phi) is 4.86. The summed E-state index contributed by atoms with van der Waals surface area (Å²) in [5, 5.41) is 4.99. The van der Waals surface area contributed by atoms with E-state index in [-0.39, 0.29) is 10.5 Å². The summed E-state index contributed by atoms with van der Waals surface area (Å²) in [5.41, 5.74) is 0.185. The molecule has 0 heterocycles. The van der Waals surface area contributed by atoms with Gasteiger partial charge in [-0.2, -0.15) is 0 Å². The maximum atomic E-state index is 11.6. The third-order valence-electron chi connectivity index (χ3n) is 2.33. The van der Waals surface area contributed by atoms with Crippen LogP contribution in [-0.4, -0.2) is 21.0 Å². The molecule has 2 N–H and O–H groups in total. The van der Waals surface area contributed by atoms with Crippen LogP contribution in [0.4, 0.5) is 0 Å². The zero-order valence-electron chi connectivity index (χ0n) is 10.4. The second kappa shape index (κ2) is 5.97. The van der Waals surface area contributed by atoms with Crippen LogP contribution in [0.1, 0.15) is 30.6 Å². The molecule has 0 aromatic heterocycles. The monoisotopic (exact) mass is 271 g/mol. The van der Waals surface area contributed by atoms with Gasteiger partial charge in [0.15, 0.2) is 0 Å². The summed E-state index contributed by atoms with van der Waals surface area (Å²) in [6.45, 7) is 4.36. The van der Waals surface area contributed by atoms with Gasteiger partial charge in [0.1, 0.15) is 0 Å². The lowest BCUT2D eigenvalue weighted by Gasteiger charge is -2.07. The van der Waals surface area contributed by atoms with Crippen molar-refractivity contribution >= 4 is 16.0 Å². The van der Waals surface area contributed by atoms with Crippen molar-refractivity contribution in [2.45, 2.75) is 25.2 Å². The van der Waals surface area contributed by atoms with Gasteiger partial charge in [-0.3, -0.25) is 0 Å². The number of carbonyl (C=O) groups is 1. The Morgan fingerprint density at radius 2 is 2.06 bits per heavy atom. The Bertz CT molecular complexity index is 523. The number of hydrogen-bond donors (Lipinski definition) is 1. The fourth-order valence-electron chi connectivity index (χ4n) is 1.27. The van der Waals surface area contributed by atoms with Crippen molar-refractivity contribution < 1.29 is 17.9 Å². The molecule has 0 saturated carbocycles. The fraction of sp³-hybridized carbons (Fsp3) is 0.417. The van der Waals surface area contributed by atoms with Crippen LogP contribution < -0.4 is 5.14 Å². The summed E-state index contributed by atoms with van der Waals surface area (Å²) < 4.78 is 27.3. The molecule has 18 heavy (non-hydrogen) atoms. The van der Waals surface area contributed by atoms with Crippen LogP contribution in [0.15, 0.2) is 29.2 Å². The van der Waals surface area contributed by atoms with Crippen LogP contribution in [0, 0.1) is 5.92 Å². The number of carbonyl (C=O) groups excluding carboxylic acids is 1. The quantitative estimate of drug-likeness (QED) is 0.823. The van der Waals surface area contributed by atoms with E-state index in [9.17, 15) is 13.2 Å². The minimum atomic E-state index is -3.80. The zero-order chi connectivity index (χ0) is 13.8. The van der Waals surface area contributed by atoms with E-state index >= 15 is 0 Å². The number of benzene rings is 1. The van der Waals surface area contributed by atoms with Crippen molar-refractivity contribution in [3.05, 3.63) is 29.8 Å². The molecule has 0 bridgehead atoms. The number of primary sulfonamides is 1. The normalized spacial score (nSPS) is 11.6. The Hall–Kier alpha value is -1.40. The Labute approximate surface area is 107 Å². The number of hydrogen-bond acceptors (Lipinski definition) is 4. The smallest absolute Gasteiger partial charge is 0.338 e. The molecule has 0 unspecified atom stereocenters. The number of esters is 1. The average Bonchev–Trinajstić information content (AvgIpc) is 2.27. The van der Waals surface area contributed by atoms with Crippen LogP contribution in [0.25, 0.3) is 0 Å². The molecule has 100 valence electrons. The van der Waals surface area contributed by atoms with Gasteiger partial charge in [0.25, 0.3) is 0 Å². The van der Waals surface area contributed by atoms with Gasteiger partial charge < -0.3 is 4.74 Å². The number of nitrogens with two attached hydrogens (primary N) is 1. The van der Waals surface area contributed by atoms with Crippen molar-refractivity contribution in [2.75, 3.05) is 6.61 Å².